The molecule has 4 aromatic carbocycles. The number of sulfonamides is 2. The molecule has 0 amide bonds. The summed E-state index contributed by atoms with van der Waals surface area (Å²) in [7, 11) is -7.03. The zero-order valence-corrected chi connectivity index (χ0v) is 32.5. The van der Waals surface area contributed by atoms with E-state index in [-0.39, 0.29) is 46.7 Å². The fourth-order valence-corrected chi connectivity index (χ4v) is 6.30. The minimum Gasteiger partial charge on any atom is -0.476 e. The molecule has 0 radical (unpaired) electrons. The number of aromatic nitrogens is 4. The van der Waals surface area contributed by atoms with Gasteiger partial charge in [0.1, 0.15) is 5.69 Å². The van der Waals surface area contributed by atoms with Crippen LogP contribution in [0.1, 0.15) is 48.8 Å². The van der Waals surface area contributed by atoms with Crippen molar-refractivity contribution in [3.05, 3.63) is 149 Å². The number of hydrogen-bond donors (Lipinski definition) is 6. The van der Waals surface area contributed by atoms with Crippen LogP contribution in [0, 0.1) is 13.8 Å². The maximum atomic E-state index is 12.7. The van der Waals surface area contributed by atoms with E-state index in [2.05, 4.69) is 19.9 Å². The number of anilines is 3. The Balaban J connectivity index is 0.000000210. The molecule has 16 nitrogen and oxygen atoms in total. The Morgan fingerprint density at radius 2 is 0.930 bits per heavy atom. The van der Waals surface area contributed by atoms with Gasteiger partial charge in [0.15, 0.2) is 23.1 Å². The Hall–Kier alpha value is -6.60. The molecule has 6 aromatic rings. The third-order valence-electron chi connectivity index (χ3n) is 7.87. The quantitative estimate of drug-likeness (QED) is 0.0841. The Morgan fingerprint density at radius 1 is 0.561 bits per heavy atom. The number of carbonyl (C=O) groups is 2. The van der Waals surface area contributed by atoms with Crippen LogP contribution in [0.25, 0.3) is 22.5 Å². The predicted octanol–water partition coefficient (Wildman–Crippen LogP) is 4.04. The zero-order valence-electron chi connectivity index (χ0n) is 30.9. The predicted molar refractivity (Wildman–Crippen MR) is 219 cm³/mol. The van der Waals surface area contributed by atoms with Gasteiger partial charge in [-0.2, -0.15) is 0 Å². The van der Waals surface area contributed by atoms with Crippen LogP contribution in [-0.4, -0.2) is 53.6 Å². The largest absolute Gasteiger partial charge is 0.476 e. The van der Waals surface area contributed by atoms with E-state index in [1.165, 1.54) is 6.20 Å². The lowest BCUT2D eigenvalue weighted by molar-refractivity contribution is 0.0691. The summed E-state index contributed by atoms with van der Waals surface area (Å²) in [5, 5.41) is 18.8. The Labute approximate surface area is 330 Å². The molecule has 0 aliphatic rings. The molecule has 296 valence electrons. The highest BCUT2D eigenvalue weighted by Gasteiger charge is 2.16. The molecule has 0 unspecified atom stereocenters. The molecule has 0 spiro atoms. The van der Waals surface area contributed by atoms with Crippen molar-refractivity contribution in [1.29, 1.82) is 0 Å². The molecule has 0 bridgehead atoms. The first kappa shape index (κ1) is 43.1. The molecule has 0 saturated carbocycles. The number of aromatic carboxylic acids is 1. The molecule has 0 fully saturated rings. The van der Waals surface area contributed by atoms with Gasteiger partial charge >= 0.3 is 5.97 Å². The van der Waals surface area contributed by atoms with Crippen LogP contribution >= 0.6 is 0 Å². The average Bonchev–Trinajstić information content (AvgIpc) is 3.14. The van der Waals surface area contributed by atoms with Gasteiger partial charge in [-0.05, 0) is 42.7 Å². The third-order valence-corrected chi connectivity index (χ3v) is 9.34. The standard InChI is InChI=1S/C20H20N4O3S.C12H11N3O2.C7H10N2O2S/c1-13-2-8-16(9-3-13)17-11-23-20(21)19(24-17)18(25)10-14-4-6-15(7-5-14)12-28(22,26)27;1-7-2-4-8(5-3-7)9-6-14-11(13)10(15-9)12(16)17;8-7-3-1-6(2-4-7)5-12(9,10)11/h2-9,11H,10,12H2,1H3,(H2,21,23)(H2,22,26,27);2-6H,1H3,(H2,13,14)(H,16,17);1-4H,5,8H2,(H2,9,10,11). The van der Waals surface area contributed by atoms with E-state index >= 15 is 0 Å². The molecule has 2 heterocycles. The van der Waals surface area contributed by atoms with Crippen molar-refractivity contribution in [3.63, 3.8) is 0 Å². The summed E-state index contributed by atoms with van der Waals surface area (Å²) in [6.45, 7) is 3.96. The number of hydrogen-bond acceptors (Lipinski definition) is 13. The molecule has 0 atom stereocenters. The highest BCUT2D eigenvalue weighted by Crippen LogP contribution is 2.21. The van der Waals surface area contributed by atoms with Gasteiger partial charge < -0.3 is 22.3 Å². The van der Waals surface area contributed by atoms with Crippen LogP contribution in [0.5, 0.6) is 0 Å². The van der Waals surface area contributed by atoms with E-state index in [1.807, 2.05) is 62.4 Å². The van der Waals surface area contributed by atoms with E-state index in [0.29, 0.717) is 33.8 Å². The average molecular weight is 812 g/mol. The molecular weight excluding hydrogens is 771 g/mol. The van der Waals surface area contributed by atoms with Gasteiger partial charge in [-0.1, -0.05) is 96.1 Å². The topological polar surface area (TPSA) is 304 Å². The molecule has 11 N–H and O–H groups in total. The Bertz CT molecular complexity index is 2570. The minimum atomic E-state index is -3.60. The maximum Gasteiger partial charge on any atom is 0.358 e. The fourth-order valence-electron chi connectivity index (χ4n) is 4.99. The molecule has 0 aliphatic heterocycles. The number of nitrogen functional groups attached to an aromatic ring is 3. The lowest BCUT2D eigenvalue weighted by Crippen LogP contribution is -2.14. The first-order chi connectivity index (χ1) is 26.8. The third kappa shape index (κ3) is 13.9. The van der Waals surface area contributed by atoms with Gasteiger partial charge in [-0.3, -0.25) is 4.79 Å². The van der Waals surface area contributed by atoms with Crippen molar-refractivity contribution in [2.75, 3.05) is 17.2 Å². The molecule has 0 saturated heterocycles. The summed E-state index contributed by atoms with van der Waals surface area (Å²) in [6, 6.07) is 28.5. The number of benzene rings is 4. The van der Waals surface area contributed by atoms with Gasteiger partial charge in [-0.15, -0.1) is 0 Å². The van der Waals surface area contributed by atoms with E-state index in [0.717, 1.165) is 22.3 Å². The fraction of sp³-hybridized carbons (Fsp3) is 0.128. The van der Waals surface area contributed by atoms with Crippen molar-refractivity contribution in [2.45, 2.75) is 31.8 Å². The van der Waals surface area contributed by atoms with Crippen LogP contribution in [0.3, 0.4) is 0 Å². The smallest absolute Gasteiger partial charge is 0.358 e. The number of Topliss-reactive ketones (excluding diaryl/α,β-unsaturated/α-hetero) is 1. The van der Waals surface area contributed by atoms with Crippen molar-refractivity contribution < 1.29 is 31.5 Å². The van der Waals surface area contributed by atoms with Gasteiger partial charge in [-0.25, -0.2) is 51.8 Å². The number of aryl methyl sites for hydroxylation is 2. The second-order valence-electron chi connectivity index (χ2n) is 12.8. The molecule has 6 rings (SSSR count). The van der Waals surface area contributed by atoms with Gasteiger partial charge in [0.25, 0.3) is 0 Å². The van der Waals surface area contributed by atoms with Crippen molar-refractivity contribution in [3.8, 4) is 22.5 Å². The Morgan fingerprint density at radius 3 is 1.33 bits per heavy atom. The molecule has 2 aromatic heterocycles. The van der Waals surface area contributed by atoms with Crippen LogP contribution < -0.4 is 27.5 Å². The number of rotatable bonds is 10. The van der Waals surface area contributed by atoms with Gasteiger partial charge in [0.2, 0.25) is 20.0 Å². The second kappa shape index (κ2) is 18.8. The van der Waals surface area contributed by atoms with Crippen molar-refractivity contribution in [1.82, 2.24) is 19.9 Å². The lowest BCUT2D eigenvalue weighted by Gasteiger charge is -2.08. The first-order valence-corrected chi connectivity index (χ1v) is 20.3. The number of carboxylic acid groups (broad SMARTS) is 1. The number of carbonyl (C=O) groups excluding carboxylic acids is 1. The van der Waals surface area contributed by atoms with Crippen molar-refractivity contribution in [2.24, 2.45) is 10.3 Å². The van der Waals surface area contributed by atoms with Gasteiger partial charge in [0.05, 0.1) is 35.3 Å². The van der Waals surface area contributed by atoms with E-state index in [9.17, 15) is 26.4 Å². The van der Waals surface area contributed by atoms with Gasteiger partial charge in [0, 0.05) is 23.2 Å². The number of ketones is 1. The molecule has 57 heavy (non-hydrogen) atoms. The maximum absolute atomic E-state index is 12.7. The number of primary sulfonamides is 2. The monoisotopic (exact) mass is 811 g/mol. The highest BCUT2D eigenvalue weighted by molar-refractivity contribution is 7.88. The van der Waals surface area contributed by atoms with Crippen LogP contribution in [0.2, 0.25) is 0 Å². The van der Waals surface area contributed by atoms with Crippen LogP contribution in [-0.2, 0) is 38.0 Å². The second-order valence-corrected chi connectivity index (χ2v) is 16.0. The molecule has 18 heteroatoms. The van der Waals surface area contributed by atoms with E-state index < -0.39 is 26.0 Å². The molecular formula is C39H41N9O7S2. The zero-order chi connectivity index (χ0) is 41.9. The normalized spacial score (nSPS) is 11.0. The van der Waals surface area contributed by atoms with E-state index in [4.69, 9.17) is 32.6 Å². The number of nitrogens with two attached hydrogens (primary N) is 5. The van der Waals surface area contributed by atoms with Crippen LogP contribution in [0.15, 0.2) is 109 Å². The minimum absolute atomic E-state index is 0.0753. The number of carboxylic acids is 1. The SMILES string of the molecule is Cc1ccc(-c2cnc(N)c(C(=O)Cc3ccc(CS(N)(=O)=O)cc3)n2)cc1.Cc1ccc(-c2cnc(N)c(C(=O)O)n2)cc1.Nc1ccc(CS(N)(=O)=O)cc1. The summed E-state index contributed by atoms with van der Waals surface area (Å²) in [5.74, 6) is -1.84. The highest BCUT2D eigenvalue weighted by atomic mass is 32.2. The summed E-state index contributed by atoms with van der Waals surface area (Å²) in [6.07, 6.45) is 3.08. The van der Waals surface area contributed by atoms with Crippen LogP contribution in [0.4, 0.5) is 17.3 Å². The first-order valence-electron chi connectivity index (χ1n) is 16.8. The summed E-state index contributed by atoms with van der Waals surface area (Å²) in [4.78, 5) is 39.9. The summed E-state index contributed by atoms with van der Waals surface area (Å²) >= 11 is 0. The lowest BCUT2D eigenvalue weighted by atomic mass is 10.0. The molecule has 0 aliphatic carbocycles. The summed E-state index contributed by atoms with van der Waals surface area (Å²) < 4.78 is 43.6. The summed E-state index contributed by atoms with van der Waals surface area (Å²) in [5.41, 5.74) is 24.1. The van der Waals surface area contributed by atoms with Crippen molar-refractivity contribution >= 4 is 49.1 Å². The Kier molecular flexibility index (Phi) is 14.2. The number of nitrogens with zero attached hydrogens (tertiary/aromatic N) is 4. The van der Waals surface area contributed by atoms with E-state index in [1.54, 1.807) is 54.7 Å².